The minimum Gasteiger partial charge on any atom is -0.481 e. The number of carboxylic acid groups (broad SMARTS) is 1. The summed E-state index contributed by atoms with van der Waals surface area (Å²) in [5, 5.41) is 20.1. The van der Waals surface area contributed by atoms with Crippen molar-refractivity contribution in [2.45, 2.75) is 37.8 Å². The van der Waals surface area contributed by atoms with E-state index in [0.29, 0.717) is 30.8 Å². The maximum atomic E-state index is 13.6. The van der Waals surface area contributed by atoms with Gasteiger partial charge < -0.3 is 39.9 Å². The lowest BCUT2D eigenvalue weighted by Crippen LogP contribution is -2.55. The first-order valence-electron chi connectivity index (χ1n) is 17.1. The maximum Gasteiger partial charge on any atom is 0.533 e. The van der Waals surface area contributed by atoms with Gasteiger partial charge in [0.1, 0.15) is 24.5 Å². The molecule has 2 aliphatic rings. The highest BCUT2D eigenvalue weighted by Crippen LogP contribution is 2.22. The Labute approximate surface area is 303 Å². The van der Waals surface area contributed by atoms with Crippen molar-refractivity contribution in [1.82, 2.24) is 35.3 Å². The van der Waals surface area contributed by atoms with Gasteiger partial charge in [0.25, 0.3) is 11.8 Å². The van der Waals surface area contributed by atoms with Crippen molar-refractivity contribution in [3.05, 3.63) is 72.4 Å². The molecule has 2 aromatic carbocycles. The third-order valence-electron chi connectivity index (χ3n) is 8.47. The van der Waals surface area contributed by atoms with Gasteiger partial charge >= 0.3 is 12.1 Å². The summed E-state index contributed by atoms with van der Waals surface area (Å²) in [6, 6.07) is 16.3. The van der Waals surface area contributed by atoms with E-state index >= 15 is 0 Å². The number of amides is 4. The zero-order valence-corrected chi connectivity index (χ0v) is 28.7. The number of rotatable bonds is 15. The summed E-state index contributed by atoms with van der Waals surface area (Å²) >= 11 is 0. The Morgan fingerprint density at radius 1 is 0.943 bits per heavy atom. The van der Waals surface area contributed by atoms with Crippen molar-refractivity contribution in [1.29, 1.82) is 0 Å². The zero-order valence-electron chi connectivity index (χ0n) is 28.7. The standard InChI is InChI=1S/C35H40FN7O10/c36-15-16-37-33(48)28-12-7-17-42(28)29(44)23-51-30-22-27(39-43(30)24-8-3-1-4-9-24)32(47)38-26(13-14-31(45)46)34(49)40-18-20-41(21-19-40)53-35(50)52-25-10-5-2-6-11-25/h1-6,8-11,22,26,28H,7,12-21,23H2,(H,37,48)(H,38,47)(H,45,46)/t26-,28-/m0/s1. The number of aliphatic carboxylic acids is 1. The topological polar surface area (TPSA) is 202 Å². The molecule has 2 aliphatic heterocycles. The van der Waals surface area contributed by atoms with Crippen molar-refractivity contribution in [2.75, 3.05) is 52.6 Å². The number of piperazine rings is 1. The zero-order chi connectivity index (χ0) is 37.7. The second kappa shape index (κ2) is 18.5. The molecule has 0 spiro atoms. The van der Waals surface area contributed by atoms with Crippen LogP contribution in [0.1, 0.15) is 36.2 Å². The number of carboxylic acids is 1. The first-order valence-corrected chi connectivity index (χ1v) is 17.1. The Hall–Kier alpha value is -6.04. The molecule has 0 saturated carbocycles. The van der Waals surface area contributed by atoms with Crippen LogP contribution in [-0.4, -0.2) is 130 Å². The molecule has 53 heavy (non-hydrogen) atoms. The molecule has 3 heterocycles. The summed E-state index contributed by atoms with van der Waals surface area (Å²) in [7, 11) is 0. The summed E-state index contributed by atoms with van der Waals surface area (Å²) in [5.41, 5.74) is 0.314. The Kier molecular flexibility index (Phi) is 13.3. The van der Waals surface area contributed by atoms with Gasteiger partial charge in [-0.1, -0.05) is 36.4 Å². The van der Waals surface area contributed by atoms with Gasteiger partial charge in [-0.25, -0.2) is 13.9 Å². The van der Waals surface area contributed by atoms with Crippen LogP contribution in [0.3, 0.4) is 0 Å². The van der Waals surface area contributed by atoms with E-state index in [1.807, 2.05) is 0 Å². The summed E-state index contributed by atoms with van der Waals surface area (Å²) < 4.78 is 24.9. The predicted molar refractivity (Wildman–Crippen MR) is 183 cm³/mol. The monoisotopic (exact) mass is 737 g/mol. The summed E-state index contributed by atoms with van der Waals surface area (Å²) in [5.74, 6) is -3.12. The van der Waals surface area contributed by atoms with E-state index in [1.54, 1.807) is 60.7 Å². The highest BCUT2D eigenvalue weighted by atomic mass is 19.1. The molecule has 0 unspecified atom stereocenters. The van der Waals surface area contributed by atoms with E-state index in [2.05, 4.69) is 15.7 Å². The third-order valence-corrected chi connectivity index (χ3v) is 8.47. The number of nitrogens with zero attached hydrogens (tertiary/aromatic N) is 5. The number of halogens is 1. The number of alkyl halides is 1. The Morgan fingerprint density at radius 3 is 2.32 bits per heavy atom. The lowest BCUT2D eigenvalue weighted by Gasteiger charge is -2.35. The number of ether oxygens (including phenoxy) is 2. The first kappa shape index (κ1) is 38.2. The number of hydrogen-bond donors (Lipinski definition) is 3. The van der Waals surface area contributed by atoms with Gasteiger partial charge in [0.2, 0.25) is 17.7 Å². The molecule has 4 amide bonds. The number of nitrogens with one attached hydrogen (secondary N) is 2. The Balaban J connectivity index is 1.24. The molecule has 17 nitrogen and oxygen atoms in total. The molecule has 0 radical (unpaired) electrons. The normalized spacial score (nSPS) is 16.4. The van der Waals surface area contributed by atoms with Gasteiger partial charge in [-0.15, -0.1) is 5.06 Å². The molecule has 2 atom stereocenters. The quantitative estimate of drug-likeness (QED) is 0.150. The summed E-state index contributed by atoms with van der Waals surface area (Å²) in [6.07, 6.45) is -0.565. The average Bonchev–Trinajstić information content (AvgIpc) is 3.84. The molecule has 0 bridgehead atoms. The molecule has 0 aliphatic carbocycles. The largest absolute Gasteiger partial charge is 0.533 e. The molecule has 282 valence electrons. The van der Waals surface area contributed by atoms with E-state index in [-0.39, 0.29) is 50.7 Å². The fourth-order valence-corrected chi connectivity index (χ4v) is 5.86. The van der Waals surface area contributed by atoms with Crippen LogP contribution in [0, 0.1) is 0 Å². The van der Waals surface area contributed by atoms with Crippen LogP contribution in [0.2, 0.25) is 0 Å². The van der Waals surface area contributed by atoms with Crippen LogP contribution in [0.4, 0.5) is 9.18 Å². The SMILES string of the molecule is O=C(O)CC[C@H](NC(=O)c1cc(OCC(=O)N2CCC[C@H]2C(=O)NCCF)n(-c2ccccc2)n1)C(=O)N1CCN(OC(=O)Oc2ccccc2)CC1. The molecular formula is C35H40FN7O10. The number of carbonyl (C=O) groups is 6. The predicted octanol–water partition coefficient (Wildman–Crippen LogP) is 1.57. The Bertz CT molecular complexity index is 1750. The van der Waals surface area contributed by atoms with Crippen molar-refractivity contribution in [3.8, 4) is 17.3 Å². The van der Waals surface area contributed by atoms with Crippen LogP contribution >= 0.6 is 0 Å². The van der Waals surface area contributed by atoms with Crippen LogP contribution < -0.4 is 20.1 Å². The molecule has 1 aromatic heterocycles. The number of hydrogen-bond acceptors (Lipinski definition) is 11. The fourth-order valence-electron chi connectivity index (χ4n) is 5.86. The minimum atomic E-state index is -1.24. The van der Waals surface area contributed by atoms with E-state index in [0.717, 1.165) is 0 Å². The van der Waals surface area contributed by atoms with E-state index in [9.17, 15) is 38.3 Å². The van der Waals surface area contributed by atoms with Crippen molar-refractivity contribution >= 4 is 35.8 Å². The number of carbonyl (C=O) groups excluding carboxylic acids is 5. The summed E-state index contributed by atoms with van der Waals surface area (Å²) in [6.45, 7) is -0.570. The van der Waals surface area contributed by atoms with Crippen LogP contribution in [0.5, 0.6) is 11.6 Å². The molecular weight excluding hydrogens is 697 g/mol. The van der Waals surface area contributed by atoms with E-state index < -0.39 is 67.5 Å². The van der Waals surface area contributed by atoms with Gasteiger partial charge in [0, 0.05) is 38.7 Å². The summed E-state index contributed by atoms with van der Waals surface area (Å²) in [4.78, 5) is 84.5. The molecule has 2 fully saturated rings. The smallest absolute Gasteiger partial charge is 0.481 e. The molecule has 2 saturated heterocycles. The molecule has 5 rings (SSSR count). The third kappa shape index (κ3) is 10.5. The number of para-hydroxylation sites is 2. The Morgan fingerprint density at radius 2 is 1.64 bits per heavy atom. The van der Waals surface area contributed by atoms with Gasteiger partial charge in [-0.05, 0) is 43.5 Å². The minimum absolute atomic E-state index is 0.0163. The lowest BCUT2D eigenvalue weighted by atomic mass is 10.1. The number of benzene rings is 2. The van der Waals surface area contributed by atoms with Crippen LogP contribution in [0.15, 0.2) is 66.7 Å². The van der Waals surface area contributed by atoms with Crippen molar-refractivity contribution < 1.29 is 52.6 Å². The molecule has 3 N–H and O–H groups in total. The number of aromatic nitrogens is 2. The molecule has 3 aromatic rings. The number of likely N-dealkylation sites (tertiary alicyclic amines) is 1. The second-order valence-corrected chi connectivity index (χ2v) is 12.1. The first-order chi connectivity index (χ1) is 25.6. The van der Waals surface area contributed by atoms with Gasteiger partial charge in [0.05, 0.1) is 18.8 Å². The highest BCUT2D eigenvalue weighted by Gasteiger charge is 2.35. The van der Waals surface area contributed by atoms with Crippen LogP contribution in [-0.2, 0) is 24.0 Å². The van der Waals surface area contributed by atoms with Crippen molar-refractivity contribution in [2.24, 2.45) is 0 Å². The van der Waals surface area contributed by atoms with E-state index in [1.165, 1.54) is 25.6 Å². The van der Waals surface area contributed by atoms with E-state index in [4.69, 9.17) is 14.3 Å². The van der Waals surface area contributed by atoms with Crippen LogP contribution in [0.25, 0.3) is 5.69 Å². The fraction of sp³-hybridized carbons (Fsp3) is 0.400. The maximum absolute atomic E-state index is 13.6. The highest BCUT2D eigenvalue weighted by molar-refractivity contribution is 5.96. The second-order valence-electron chi connectivity index (χ2n) is 12.1. The lowest BCUT2D eigenvalue weighted by molar-refractivity contribution is -0.153. The van der Waals surface area contributed by atoms with Gasteiger partial charge in [-0.2, -0.15) is 5.10 Å². The van der Waals surface area contributed by atoms with Gasteiger partial charge in [-0.3, -0.25) is 24.0 Å². The van der Waals surface area contributed by atoms with Crippen molar-refractivity contribution in [3.63, 3.8) is 0 Å². The van der Waals surface area contributed by atoms with Gasteiger partial charge in [0.15, 0.2) is 12.3 Å². The average molecular weight is 738 g/mol. The number of hydroxylamine groups is 2. The molecule has 18 heteroatoms.